The highest BCUT2D eigenvalue weighted by Crippen LogP contribution is 2.42. The highest BCUT2D eigenvalue weighted by atomic mass is 19.4. The van der Waals surface area contributed by atoms with E-state index in [1.54, 1.807) is 0 Å². The quantitative estimate of drug-likeness (QED) is 0.309. The normalized spacial score (nSPS) is 19.7. The number of carbonyl (C=O) groups is 2. The van der Waals surface area contributed by atoms with E-state index in [0.717, 1.165) is 6.20 Å². The van der Waals surface area contributed by atoms with Gasteiger partial charge in [0.05, 0.1) is 30.0 Å². The molecular formula is C26H28F7N7O3. The molecule has 3 aromatic rings. The van der Waals surface area contributed by atoms with Gasteiger partial charge in [0, 0.05) is 19.3 Å². The lowest BCUT2D eigenvalue weighted by atomic mass is 9.81. The summed E-state index contributed by atoms with van der Waals surface area (Å²) in [4.78, 5) is 30.3. The van der Waals surface area contributed by atoms with Gasteiger partial charge in [-0.05, 0) is 61.2 Å². The molecule has 17 heteroatoms. The molecule has 0 saturated heterocycles. The Hall–Kier alpha value is -3.79. The highest BCUT2D eigenvalue weighted by molar-refractivity contribution is 5.93. The highest BCUT2D eigenvalue weighted by Gasteiger charge is 2.50. The Labute approximate surface area is 239 Å². The first-order valence-corrected chi connectivity index (χ1v) is 13.7. The van der Waals surface area contributed by atoms with Crippen molar-refractivity contribution in [3.8, 4) is 0 Å². The van der Waals surface area contributed by atoms with Crippen molar-refractivity contribution in [2.24, 2.45) is 11.8 Å². The first kappa shape index (κ1) is 30.7. The van der Waals surface area contributed by atoms with Crippen molar-refractivity contribution in [2.45, 2.75) is 88.4 Å². The zero-order valence-electron chi connectivity index (χ0n) is 22.8. The third kappa shape index (κ3) is 7.06. The van der Waals surface area contributed by atoms with Crippen LogP contribution in [0.1, 0.15) is 84.3 Å². The minimum atomic E-state index is -4.74. The summed E-state index contributed by atoms with van der Waals surface area (Å²) in [5, 5.41) is 15.9. The molecule has 2 N–H and O–H groups in total. The number of aryl methyl sites for hydroxylation is 1. The van der Waals surface area contributed by atoms with Crippen molar-refractivity contribution in [1.29, 1.82) is 0 Å². The van der Waals surface area contributed by atoms with Gasteiger partial charge in [-0.1, -0.05) is 5.16 Å². The molecule has 2 aliphatic carbocycles. The lowest BCUT2D eigenvalue weighted by Crippen LogP contribution is -2.48. The molecule has 0 aromatic carbocycles. The number of aromatic nitrogens is 5. The van der Waals surface area contributed by atoms with Gasteiger partial charge in [-0.25, -0.2) is 31.7 Å². The summed E-state index contributed by atoms with van der Waals surface area (Å²) in [7, 11) is 0. The molecular weight excluding hydrogens is 591 g/mol. The number of halogens is 7. The van der Waals surface area contributed by atoms with Crippen molar-refractivity contribution in [1.82, 2.24) is 35.5 Å². The molecule has 2 saturated carbocycles. The number of carbonyl (C=O) groups excluding carboxylic acids is 2. The van der Waals surface area contributed by atoms with Crippen LogP contribution in [0.25, 0.3) is 5.65 Å². The van der Waals surface area contributed by atoms with Gasteiger partial charge >= 0.3 is 6.18 Å². The molecule has 2 amide bonds. The zero-order valence-corrected chi connectivity index (χ0v) is 22.8. The van der Waals surface area contributed by atoms with E-state index in [9.17, 15) is 40.3 Å². The number of imidazole rings is 1. The Kier molecular flexibility index (Phi) is 8.35. The van der Waals surface area contributed by atoms with E-state index < -0.39 is 79.4 Å². The second kappa shape index (κ2) is 11.7. The molecule has 0 radical (unpaired) electrons. The molecule has 2 fully saturated rings. The van der Waals surface area contributed by atoms with Crippen LogP contribution in [-0.2, 0) is 4.79 Å². The Balaban J connectivity index is 1.44. The van der Waals surface area contributed by atoms with Crippen molar-refractivity contribution in [2.75, 3.05) is 0 Å². The number of nitrogens with zero attached hydrogens (tertiary/aromatic N) is 5. The second-order valence-corrected chi connectivity index (χ2v) is 11.1. The van der Waals surface area contributed by atoms with Crippen molar-refractivity contribution in [3.63, 3.8) is 0 Å². The Morgan fingerprint density at radius 2 is 1.79 bits per heavy atom. The predicted molar refractivity (Wildman–Crippen MR) is 133 cm³/mol. The fourth-order valence-electron chi connectivity index (χ4n) is 5.45. The maximum atomic E-state index is 13.9. The van der Waals surface area contributed by atoms with Crippen LogP contribution in [0.2, 0.25) is 0 Å². The van der Waals surface area contributed by atoms with E-state index in [1.807, 2.05) is 5.32 Å². The van der Waals surface area contributed by atoms with E-state index in [1.165, 1.54) is 23.7 Å². The molecule has 234 valence electrons. The maximum Gasteiger partial charge on any atom is 0.408 e. The fourth-order valence-corrected chi connectivity index (χ4v) is 5.45. The van der Waals surface area contributed by atoms with Crippen LogP contribution in [0, 0.1) is 18.8 Å². The topological polar surface area (TPSA) is 127 Å². The number of rotatable bonds is 10. The van der Waals surface area contributed by atoms with Crippen LogP contribution in [0.3, 0.4) is 0 Å². The Morgan fingerprint density at radius 1 is 1.09 bits per heavy atom. The summed E-state index contributed by atoms with van der Waals surface area (Å²) in [6, 6.07) is -1.79. The summed E-state index contributed by atoms with van der Waals surface area (Å²) < 4.78 is 101. The van der Waals surface area contributed by atoms with E-state index in [4.69, 9.17) is 0 Å². The molecule has 0 spiro atoms. The van der Waals surface area contributed by atoms with Gasteiger partial charge in [-0.2, -0.15) is 18.3 Å². The van der Waals surface area contributed by atoms with Crippen LogP contribution in [-0.4, -0.2) is 61.3 Å². The first-order chi connectivity index (χ1) is 20.2. The van der Waals surface area contributed by atoms with E-state index in [2.05, 4.69) is 30.3 Å². The van der Waals surface area contributed by atoms with Crippen LogP contribution < -0.4 is 10.6 Å². The van der Waals surface area contributed by atoms with Gasteiger partial charge < -0.3 is 10.6 Å². The first-order valence-electron chi connectivity index (χ1n) is 13.7. The van der Waals surface area contributed by atoms with Gasteiger partial charge in [-0.15, -0.1) is 0 Å². The number of alkyl halides is 7. The molecule has 3 aromatic heterocycles. The third-order valence-electron chi connectivity index (χ3n) is 7.94. The fraction of sp³-hybridized carbons (Fsp3) is 0.615. The standard InChI is InChI=1S/C26H28F7N7O3/c1-12-20(39-43-38-12)24(42)36-21(13-4-6-25(29,30)7-5-13)17-11-40-19(35-17)8-15(10-34-40)16(9-18(27)28)23(41)37-22(14-2-3-14)26(31,32)33/h8,10-11,13-14,16,18,21-22H,2-7,9H2,1H3,(H,36,42)(H,37,41)/t16?,21?,22-/m0/s1. The molecule has 0 aliphatic heterocycles. The maximum absolute atomic E-state index is 13.9. The van der Waals surface area contributed by atoms with Gasteiger partial charge in [0.25, 0.3) is 5.91 Å². The third-order valence-corrected chi connectivity index (χ3v) is 7.94. The van der Waals surface area contributed by atoms with Gasteiger partial charge in [-0.3, -0.25) is 9.59 Å². The molecule has 0 bridgehead atoms. The second-order valence-electron chi connectivity index (χ2n) is 11.1. The summed E-state index contributed by atoms with van der Waals surface area (Å²) >= 11 is 0. The number of hydrogen-bond donors (Lipinski definition) is 2. The molecule has 43 heavy (non-hydrogen) atoms. The molecule has 10 nitrogen and oxygen atoms in total. The lowest BCUT2D eigenvalue weighted by Gasteiger charge is -2.33. The van der Waals surface area contributed by atoms with Gasteiger partial charge in [0.15, 0.2) is 11.3 Å². The number of fused-ring (bicyclic) bond motifs is 1. The predicted octanol–water partition coefficient (Wildman–Crippen LogP) is 4.91. The van der Waals surface area contributed by atoms with E-state index in [0.29, 0.717) is 0 Å². The number of amides is 2. The summed E-state index contributed by atoms with van der Waals surface area (Å²) in [5.74, 6) is -7.67. The number of nitrogens with one attached hydrogen (secondary N) is 2. The largest absolute Gasteiger partial charge is 0.408 e. The molecule has 2 unspecified atom stereocenters. The van der Waals surface area contributed by atoms with E-state index >= 15 is 0 Å². The SMILES string of the molecule is Cc1nonc1C(=O)NC(c1cn2ncc(C(CC(F)F)C(=O)N[C@@H](C3CC3)C(F)(F)F)cc2n1)C1CCC(F)(F)CC1. The molecule has 3 heterocycles. The van der Waals surface area contributed by atoms with Crippen LogP contribution in [0.5, 0.6) is 0 Å². The van der Waals surface area contributed by atoms with Crippen LogP contribution >= 0.6 is 0 Å². The summed E-state index contributed by atoms with van der Waals surface area (Å²) in [5.41, 5.74) is 0.267. The smallest absolute Gasteiger partial charge is 0.344 e. The molecule has 5 rings (SSSR count). The Bertz CT molecular complexity index is 1460. The lowest BCUT2D eigenvalue weighted by molar-refractivity contribution is -0.166. The average molecular weight is 620 g/mol. The monoisotopic (exact) mass is 619 g/mol. The molecule has 3 atom stereocenters. The van der Waals surface area contributed by atoms with Crippen molar-refractivity contribution in [3.05, 3.63) is 41.1 Å². The van der Waals surface area contributed by atoms with E-state index in [-0.39, 0.29) is 54.0 Å². The summed E-state index contributed by atoms with van der Waals surface area (Å²) in [6.45, 7) is 1.49. The average Bonchev–Trinajstić information content (AvgIpc) is 3.52. The van der Waals surface area contributed by atoms with Gasteiger partial charge in [0.2, 0.25) is 18.3 Å². The summed E-state index contributed by atoms with van der Waals surface area (Å²) in [6.07, 6.45) is -6.48. The Morgan fingerprint density at radius 3 is 2.37 bits per heavy atom. The van der Waals surface area contributed by atoms with Crippen molar-refractivity contribution >= 4 is 17.5 Å². The minimum absolute atomic E-state index is 0.0498. The molecule has 2 aliphatic rings. The minimum Gasteiger partial charge on any atom is -0.344 e. The van der Waals surface area contributed by atoms with Crippen molar-refractivity contribution < 1.29 is 45.0 Å². The van der Waals surface area contributed by atoms with Crippen LogP contribution in [0.4, 0.5) is 30.7 Å². The van der Waals surface area contributed by atoms with Gasteiger partial charge in [0.1, 0.15) is 11.7 Å². The zero-order chi connectivity index (χ0) is 31.1. The van der Waals surface area contributed by atoms with Crippen LogP contribution in [0.15, 0.2) is 23.1 Å². The number of hydrogen-bond acceptors (Lipinski definition) is 7.